The van der Waals surface area contributed by atoms with Crippen LogP contribution in [-0.2, 0) is 5.41 Å². The maximum atomic E-state index is 5.59. The quantitative estimate of drug-likeness (QED) is 0.290. The standard InChI is InChI=1S/C28H25NOS/c1-6-21-25-24(31-27(21)20-13-17(2)30-16-20)11-12-29-26(25)19-14-18-9-7-8-10-22(18)23(15-19)28(3,4)5/h6-16H,1H2,2-5H3. The van der Waals surface area contributed by atoms with Crippen LogP contribution in [-0.4, -0.2) is 4.98 Å². The van der Waals surface area contributed by atoms with Crippen molar-refractivity contribution in [1.82, 2.24) is 4.98 Å². The van der Waals surface area contributed by atoms with E-state index in [2.05, 4.69) is 75.9 Å². The number of fused-ring (bicyclic) bond motifs is 2. The van der Waals surface area contributed by atoms with Crippen molar-refractivity contribution in [3.8, 4) is 21.7 Å². The van der Waals surface area contributed by atoms with E-state index in [1.165, 1.54) is 25.9 Å². The van der Waals surface area contributed by atoms with Crippen LogP contribution in [0.2, 0.25) is 0 Å². The van der Waals surface area contributed by atoms with E-state index in [4.69, 9.17) is 9.40 Å². The number of hydrogen-bond donors (Lipinski definition) is 0. The van der Waals surface area contributed by atoms with Crippen LogP contribution in [0.25, 0.3) is 48.6 Å². The second kappa shape index (κ2) is 7.21. The Morgan fingerprint density at radius 1 is 1.03 bits per heavy atom. The molecule has 0 aliphatic carbocycles. The van der Waals surface area contributed by atoms with E-state index in [9.17, 15) is 0 Å². The highest BCUT2D eigenvalue weighted by Crippen LogP contribution is 2.44. The summed E-state index contributed by atoms with van der Waals surface area (Å²) in [6, 6.07) is 17.4. The van der Waals surface area contributed by atoms with Crippen LogP contribution in [0.5, 0.6) is 0 Å². The fourth-order valence-electron chi connectivity index (χ4n) is 4.33. The number of hydrogen-bond acceptors (Lipinski definition) is 3. The molecule has 0 radical (unpaired) electrons. The number of benzene rings is 2. The van der Waals surface area contributed by atoms with Crippen molar-refractivity contribution in [3.05, 3.63) is 84.5 Å². The van der Waals surface area contributed by atoms with Gasteiger partial charge in [0.05, 0.1) is 12.0 Å². The summed E-state index contributed by atoms with van der Waals surface area (Å²) in [5.74, 6) is 0.908. The van der Waals surface area contributed by atoms with Crippen LogP contribution in [0.15, 0.2) is 72.0 Å². The van der Waals surface area contributed by atoms with Crippen LogP contribution in [0.3, 0.4) is 0 Å². The van der Waals surface area contributed by atoms with E-state index in [0.29, 0.717) is 0 Å². The van der Waals surface area contributed by atoms with Gasteiger partial charge in [0.25, 0.3) is 0 Å². The Hall–Kier alpha value is -3.17. The molecule has 5 aromatic rings. The van der Waals surface area contributed by atoms with Crippen molar-refractivity contribution >= 4 is 38.3 Å². The SMILES string of the molecule is C=Cc1c(-c2coc(C)c2)sc2ccnc(-c3cc(C(C)(C)C)c4ccccc4c3)c12. The third-order valence-corrected chi connectivity index (χ3v) is 7.00. The maximum Gasteiger partial charge on any atom is 0.101 e. The number of rotatable bonds is 3. The fraction of sp³-hybridized carbons (Fsp3) is 0.179. The van der Waals surface area contributed by atoms with Gasteiger partial charge in [0.2, 0.25) is 0 Å². The zero-order valence-electron chi connectivity index (χ0n) is 18.3. The zero-order chi connectivity index (χ0) is 21.8. The summed E-state index contributed by atoms with van der Waals surface area (Å²) in [6.45, 7) is 12.9. The average molecular weight is 424 g/mol. The molecule has 0 fully saturated rings. The first kappa shape index (κ1) is 19.8. The molecule has 0 saturated carbocycles. The molecular formula is C28H25NOS. The Morgan fingerprint density at radius 2 is 1.84 bits per heavy atom. The molecular weight excluding hydrogens is 398 g/mol. The van der Waals surface area contributed by atoms with Crippen LogP contribution in [0.4, 0.5) is 0 Å². The lowest BCUT2D eigenvalue weighted by Gasteiger charge is -2.23. The van der Waals surface area contributed by atoms with Gasteiger partial charge in [0.15, 0.2) is 0 Å². The van der Waals surface area contributed by atoms with Gasteiger partial charge in [-0.15, -0.1) is 11.3 Å². The van der Waals surface area contributed by atoms with E-state index >= 15 is 0 Å². The van der Waals surface area contributed by atoms with Gasteiger partial charge in [-0.1, -0.05) is 57.7 Å². The van der Waals surface area contributed by atoms with Crippen molar-refractivity contribution in [3.63, 3.8) is 0 Å². The molecule has 154 valence electrons. The molecule has 31 heavy (non-hydrogen) atoms. The van der Waals surface area contributed by atoms with Gasteiger partial charge < -0.3 is 4.42 Å². The second-order valence-electron chi connectivity index (χ2n) is 9.02. The first-order valence-electron chi connectivity index (χ1n) is 10.5. The number of thiophene rings is 1. The summed E-state index contributed by atoms with van der Waals surface area (Å²) in [6.07, 6.45) is 5.69. The largest absolute Gasteiger partial charge is 0.469 e. The molecule has 0 N–H and O–H groups in total. The van der Waals surface area contributed by atoms with Crippen LogP contribution >= 0.6 is 11.3 Å². The molecule has 0 spiro atoms. The minimum atomic E-state index is 0.0267. The topological polar surface area (TPSA) is 26.0 Å². The third-order valence-electron chi connectivity index (χ3n) is 5.78. The Kier molecular flexibility index (Phi) is 4.60. The lowest BCUT2D eigenvalue weighted by Crippen LogP contribution is -2.12. The van der Waals surface area contributed by atoms with Gasteiger partial charge in [-0.25, -0.2) is 0 Å². The smallest absolute Gasteiger partial charge is 0.101 e. The number of aromatic nitrogens is 1. The maximum absolute atomic E-state index is 5.59. The monoisotopic (exact) mass is 423 g/mol. The predicted molar refractivity (Wildman–Crippen MR) is 134 cm³/mol. The molecule has 0 bridgehead atoms. The van der Waals surface area contributed by atoms with Gasteiger partial charge in [-0.3, -0.25) is 4.98 Å². The Balaban J connectivity index is 1.83. The number of furan rings is 1. The fourth-order valence-corrected chi connectivity index (χ4v) is 5.50. The van der Waals surface area contributed by atoms with E-state index in [0.717, 1.165) is 33.5 Å². The molecule has 0 atom stereocenters. The molecule has 0 aliphatic rings. The van der Waals surface area contributed by atoms with Gasteiger partial charge in [-0.05, 0) is 52.9 Å². The average Bonchev–Trinajstić information content (AvgIpc) is 3.35. The third kappa shape index (κ3) is 3.30. The number of pyridine rings is 1. The minimum Gasteiger partial charge on any atom is -0.469 e. The van der Waals surface area contributed by atoms with E-state index < -0.39 is 0 Å². The Labute approximate surface area is 186 Å². The number of aryl methyl sites for hydroxylation is 1. The van der Waals surface area contributed by atoms with E-state index in [1.54, 1.807) is 11.3 Å². The molecule has 2 nitrogen and oxygen atoms in total. The Morgan fingerprint density at radius 3 is 2.55 bits per heavy atom. The van der Waals surface area contributed by atoms with Crippen molar-refractivity contribution in [2.24, 2.45) is 0 Å². The molecule has 3 heteroatoms. The van der Waals surface area contributed by atoms with Crippen molar-refractivity contribution in [2.75, 3.05) is 0 Å². The number of nitrogens with zero attached hydrogens (tertiary/aromatic N) is 1. The van der Waals surface area contributed by atoms with Gasteiger partial charge in [-0.2, -0.15) is 0 Å². The molecule has 0 aliphatic heterocycles. The molecule has 5 rings (SSSR count). The highest BCUT2D eigenvalue weighted by atomic mass is 32.1. The molecule has 0 unspecified atom stereocenters. The van der Waals surface area contributed by atoms with Gasteiger partial charge >= 0.3 is 0 Å². The van der Waals surface area contributed by atoms with Crippen LogP contribution in [0, 0.1) is 6.92 Å². The lowest BCUT2D eigenvalue weighted by atomic mass is 9.82. The predicted octanol–water partition coefficient (Wildman–Crippen LogP) is 8.63. The van der Waals surface area contributed by atoms with Crippen LogP contribution < -0.4 is 0 Å². The first-order valence-corrected chi connectivity index (χ1v) is 11.3. The van der Waals surface area contributed by atoms with Gasteiger partial charge in [0.1, 0.15) is 5.76 Å². The van der Waals surface area contributed by atoms with Crippen molar-refractivity contribution in [2.45, 2.75) is 33.1 Å². The molecule has 0 amide bonds. The zero-order valence-corrected chi connectivity index (χ0v) is 19.1. The van der Waals surface area contributed by atoms with Crippen LogP contribution in [0.1, 0.15) is 37.7 Å². The normalized spacial score (nSPS) is 12.0. The van der Waals surface area contributed by atoms with Crippen molar-refractivity contribution in [1.29, 1.82) is 0 Å². The molecule has 3 heterocycles. The molecule has 0 saturated heterocycles. The van der Waals surface area contributed by atoms with Gasteiger partial charge in [0, 0.05) is 37.9 Å². The van der Waals surface area contributed by atoms with Crippen molar-refractivity contribution < 1.29 is 4.42 Å². The molecule has 3 aromatic heterocycles. The first-order chi connectivity index (χ1) is 14.9. The highest BCUT2D eigenvalue weighted by Gasteiger charge is 2.21. The van der Waals surface area contributed by atoms with E-state index in [1.807, 2.05) is 25.5 Å². The minimum absolute atomic E-state index is 0.0267. The highest BCUT2D eigenvalue weighted by molar-refractivity contribution is 7.22. The second-order valence-corrected chi connectivity index (χ2v) is 10.1. The molecule has 2 aromatic carbocycles. The summed E-state index contributed by atoms with van der Waals surface area (Å²) in [7, 11) is 0. The summed E-state index contributed by atoms with van der Waals surface area (Å²) in [5.41, 5.74) is 5.72. The summed E-state index contributed by atoms with van der Waals surface area (Å²) in [4.78, 5) is 6.04. The summed E-state index contributed by atoms with van der Waals surface area (Å²) >= 11 is 1.77. The summed E-state index contributed by atoms with van der Waals surface area (Å²) < 4.78 is 6.80. The lowest BCUT2D eigenvalue weighted by molar-refractivity contribution is 0.535. The summed E-state index contributed by atoms with van der Waals surface area (Å²) in [5, 5.41) is 3.70. The Bertz CT molecular complexity index is 1450. The van der Waals surface area contributed by atoms with E-state index in [-0.39, 0.29) is 5.41 Å².